The zero-order valence-corrected chi connectivity index (χ0v) is 62.5. The van der Waals surface area contributed by atoms with Gasteiger partial charge in [-0.2, -0.15) is 15.3 Å². The number of nitrogens with one attached hydrogen (secondary N) is 3. The largest absolute Gasteiger partial charge is 0.397 e. The number of halogens is 3. The molecule has 10 aromatic rings. The van der Waals surface area contributed by atoms with E-state index in [0.29, 0.717) is 26.8 Å². The molecule has 3 aliphatic rings. The predicted molar refractivity (Wildman–Crippen MR) is 419 cm³/mol. The molecule has 3 aromatic carbocycles. The number of thiocarbonyl (C=S) groups is 2. The van der Waals surface area contributed by atoms with Crippen molar-refractivity contribution in [3.63, 3.8) is 0 Å². The van der Waals surface area contributed by atoms with Crippen molar-refractivity contribution in [2.24, 2.45) is 11.5 Å². The Hall–Kier alpha value is -8.12. The molecule has 100 heavy (non-hydrogen) atoms. The molecular weight excluding hydrogens is 1460 g/mol. The zero-order chi connectivity index (χ0) is 70.8. The second kappa shape index (κ2) is 41.6. The molecule has 7 aromatic heterocycles. The number of aryl methyl sites for hydroxylation is 9. The highest BCUT2D eigenvalue weighted by Gasteiger charge is 2.24. The summed E-state index contributed by atoms with van der Waals surface area (Å²) in [6.07, 6.45) is 24.8. The first-order chi connectivity index (χ1) is 47.3. The number of aliphatic hydroxyl groups is 2. The molecule has 538 valence electrons. The van der Waals surface area contributed by atoms with Crippen LogP contribution in [0.3, 0.4) is 0 Å². The summed E-state index contributed by atoms with van der Waals surface area (Å²) in [6.45, 7) is 18.5. The number of Topliss-reactive ketones (excluding diaryl/α,β-unsaturated/α-hetero) is 2. The molecule has 28 heteroatoms. The van der Waals surface area contributed by atoms with Crippen molar-refractivity contribution in [2.45, 2.75) is 167 Å². The minimum absolute atomic E-state index is 0. The highest BCUT2D eigenvalue weighted by molar-refractivity contribution is 9.09. The van der Waals surface area contributed by atoms with Crippen LogP contribution in [-0.4, -0.2) is 119 Å². The molecular formula is C72H97Br2FN18O4S3. The molecule has 0 unspecified atom stereocenters. The number of carbonyl (C=O) groups is 2. The fourth-order valence-electron chi connectivity index (χ4n) is 11.1. The van der Waals surface area contributed by atoms with Crippen LogP contribution in [0.2, 0.25) is 0 Å². The number of hydrogen-bond acceptors (Lipinski definition) is 15. The van der Waals surface area contributed by atoms with Gasteiger partial charge < -0.3 is 51.3 Å². The summed E-state index contributed by atoms with van der Waals surface area (Å²) in [7, 11) is 0. The maximum Gasteiger partial charge on any atom is 0.188 e. The monoisotopic (exact) mass is 1550 g/mol. The number of aromatic nitrogens is 13. The minimum Gasteiger partial charge on any atom is -0.397 e. The SMILES string of the molecule is C.C.CCO.CCO.CCn1nc2c(c1NC(N)=S)CCCC2.CCn1nc2c(c1NC(N)=S)CCCC2.CCn1nc2c(c1Nc1nc(-c3ccc(-n4cnc(C)c4)cc3)cs1)CCCC2.Cc1cn(-c2ccc(C(=O)CBr)cc2)cn1.Cc1cn(-c2ccc(C(=O)CBr)cc2F)cn1. The third kappa shape index (κ3) is 23.0. The number of ketones is 2. The van der Waals surface area contributed by atoms with E-state index in [1.165, 1.54) is 78.4 Å². The number of rotatable bonds is 15. The average molecular weight is 1550 g/mol. The summed E-state index contributed by atoms with van der Waals surface area (Å²) in [4.78, 5) is 40.1. The summed E-state index contributed by atoms with van der Waals surface area (Å²) >= 11 is 17.6. The van der Waals surface area contributed by atoms with Crippen molar-refractivity contribution in [3.8, 4) is 28.3 Å². The Morgan fingerprint density at radius 1 is 0.560 bits per heavy atom. The molecule has 0 aliphatic heterocycles. The topological polar surface area (TPSA) is 283 Å². The summed E-state index contributed by atoms with van der Waals surface area (Å²) in [5, 5.41) is 42.9. The molecule has 0 bridgehead atoms. The highest BCUT2D eigenvalue weighted by Crippen LogP contribution is 2.34. The second-order valence-corrected chi connectivity index (χ2v) is 25.7. The van der Waals surface area contributed by atoms with Gasteiger partial charge in [0.15, 0.2) is 26.9 Å². The average Bonchev–Trinajstić information content (AvgIpc) is 1.66. The molecule has 0 saturated carbocycles. The smallest absolute Gasteiger partial charge is 0.188 e. The van der Waals surface area contributed by atoms with Crippen LogP contribution in [0.5, 0.6) is 0 Å². The van der Waals surface area contributed by atoms with Crippen molar-refractivity contribution < 1.29 is 24.2 Å². The van der Waals surface area contributed by atoms with Crippen LogP contribution in [0.25, 0.3) is 28.3 Å². The second-order valence-electron chi connectivity index (χ2n) is 22.8. The van der Waals surface area contributed by atoms with Crippen LogP contribution in [-0.2, 0) is 58.2 Å². The molecule has 0 spiro atoms. The quantitative estimate of drug-likeness (QED) is 0.0285. The standard InChI is InChI=1S/C22H24N6S.C12H10BrFN2O.C12H11BrN2O.2C10H16N4S.2C2H6O.2CH4/c1-3-28-21(18-6-4-5-7-19(18)26-28)25-22-24-20(13-29-22)16-8-10-17(11-9-16)27-12-15(2)23-14-27;1-8-6-16(7-15-8)11-3-2-9(4-10(11)14)12(17)5-13;1-9-7-15(8-14-9)11-4-2-10(3-5-11)12(16)6-13;2*1-2-14-9(12-10(11)15)7-5-3-4-6-8(7)13-14;2*1-2-3;;/h8-14H,3-7H2,1-2H3,(H,24,25);2-4,6-7H,5H2,1H3;2-5,7-8H,6H2,1H3;2*2-6H2,1H3,(H3,11,12,15);2*3H,2H2,1H3;2*1H4. The van der Waals surface area contributed by atoms with E-state index in [9.17, 15) is 14.0 Å². The van der Waals surface area contributed by atoms with Gasteiger partial charge in [-0.1, -0.05) is 58.8 Å². The van der Waals surface area contributed by atoms with Gasteiger partial charge in [-0.05, 0) is 211 Å². The lowest BCUT2D eigenvalue weighted by molar-refractivity contribution is 0.101. The Labute approximate surface area is 618 Å². The van der Waals surface area contributed by atoms with Gasteiger partial charge in [0.1, 0.15) is 23.3 Å². The molecule has 0 atom stereocenters. The zero-order valence-electron chi connectivity index (χ0n) is 56.9. The van der Waals surface area contributed by atoms with E-state index < -0.39 is 5.82 Å². The Morgan fingerprint density at radius 2 is 0.930 bits per heavy atom. The van der Waals surface area contributed by atoms with Gasteiger partial charge in [-0.25, -0.2) is 38.4 Å². The lowest BCUT2D eigenvalue weighted by Gasteiger charge is -2.12. The van der Waals surface area contributed by atoms with Gasteiger partial charge in [-0.15, -0.1) is 11.3 Å². The number of carbonyl (C=O) groups excluding carboxylic acids is 2. The number of benzene rings is 3. The maximum atomic E-state index is 13.8. The third-order valence-corrected chi connectivity index (χ3v) is 17.6. The van der Waals surface area contributed by atoms with Crippen LogP contribution >= 0.6 is 67.6 Å². The normalized spacial score (nSPS) is 12.1. The Balaban J connectivity index is 0.000000226. The lowest BCUT2D eigenvalue weighted by atomic mass is 9.97. The molecule has 3 aliphatic carbocycles. The molecule has 0 amide bonds. The van der Waals surface area contributed by atoms with Crippen LogP contribution in [0, 0.1) is 26.6 Å². The number of anilines is 4. The van der Waals surface area contributed by atoms with E-state index in [1.807, 2.05) is 82.3 Å². The first-order valence-electron chi connectivity index (χ1n) is 32.8. The molecule has 7 heterocycles. The van der Waals surface area contributed by atoms with Gasteiger partial charge in [-0.3, -0.25) is 9.59 Å². The van der Waals surface area contributed by atoms with Crippen LogP contribution in [0.1, 0.15) is 160 Å². The minimum atomic E-state index is -0.436. The van der Waals surface area contributed by atoms with Crippen molar-refractivity contribution in [3.05, 3.63) is 177 Å². The van der Waals surface area contributed by atoms with Gasteiger partial charge in [0.25, 0.3) is 0 Å². The summed E-state index contributed by atoms with van der Waals surface area (Å²) in [6, 6.07) is 20.3. The molecule has 13 rings (SSSR count). The molecule has 9 N–H and O–H groups in total. The van der Waals surface area contributed by atoms with Crippen LogP contribution < -0.4 is 27.4 Å². The lowest BCUT2D eigenvalue weighted by Crippen LogP contribution is -2.22. The highest BCUT2D eigenvalue weighted by atomic mass is 79.9. The van der Waals surface area contributed by atoms with E-state index in [1.54, 1.807) is 60.7 Å². The van der Waals surface area contributed by atoms with Crippen molar-refractivity contribution >= 4 is 112 Å². The fourth-order valence-corrected chi connectivity index (χ4v) is 12.6. The number of hydrogen-bond donors (Lipinski definition) is 7. The van der Waals surface area contributed by atoms with Crippen molar-refractivity contribution in [1.82, 2.24) is 63.0 Å². The number of fused-ring (bicyclic) bond motifs is 3. The summed E-state index contributed by atoms with van der Waals surface area (Å²) in [5.74, 6) is 2.63. The van der Waals surface area contributed by atoms with E-state index in [0.717, 1.165) is 126 Å². The van der Waals surface area contributed by atoms with Gasteiger partial charge in [0, 0.05) is 102 Å². The van der Waals surface area contributed by atoms with Crippen LogP contribution in [0.4, 0.5) is 27.0 Å². The maximum absolute atomic E-state index is 13.8. The van der Waals surface area contributed by atoms with Gasteiger partial charge in [0.05, 0.1) is 75.2 Å². The Kier molecular flexibility index (Phi) is 34.3. The number of aliphatic hydroxyl groups excluding tert-OH is 2. The first-order valence-corrected chi connectivity index (χ1v) is 36.8. The number of thiazole rings is 1. The summed E-state index contributed by atoms with van der Waals surface area (Å²) in [5.41, 5.74) is 27.2. The van der Waals surface area contributed by atoms with Gasteiger partial charge in [0.2, 0.25) is 0 Å². The number of alkyl halides is 2. The summed E-state index contributed by atoms with van der Waals surface area (Å²) < 4.78 is 25.4. The van der Waals surface area contributed by atoms with Crippen LogP contribution in [0.15, 0.2) is 110 Å². The van der Waals surface area contributed by atoms with E-state index in [4.69, 9.17) is 56.2 Å². The molecule has 0 saturated heterocycles. The van der Waals surface area contributed by atoms with Crippen molar-refractivity contribution in [2.75, 3.05) is 39.8 Å². The van der Waals surface area contributed by atoms with Gasteiger partial charge >= 0.3 is 0 Å². The third-order valence-electron chi connectivity index (χ3n) is 15.7. The Bertz CT molecular complexity index is 4130. The molecule has 22 nitrogen and oxygen atoms in total. The van der Waals surface area contributed by atoms with E-state index >= 15 is 0 Å². The Morgan fingerprint density at radius 3 is 1.31 bits per heavy atom. The van der Waals surface area contributed by atoms with E-state index in [2.05, 4.69) is 128 Å². The predicted octanol–water partition coefficient (Wildman–Crippen LogP) is 14.9. The molecule has 0 radical (unpaired) electrons. The molecule has 0 fully saturated rings. The number of nitrogens with two attached hydrogens (primary N) is 2. The number of imidazole rings is 3. The fraction of sp³-hybridized carbons (Fsp3) is 0.403. The first kappa shape index (κ1) is 82.5. The van der Waals surface area contributed by atoms with Crippen molar-refractivity contribution in [1.29, 1.82) is 0 Å². The number of nitrogens with zero attached hydrogens (tertiary/aromatic N) is 13. The van der Waals surface area contributed by atoms with E-state index in [-0.39, 0.29) is 45.0 Å².